The number of nitrogens with zero attached hydrogens (tertiary/aromatic N) is 1. The molecule has 1 aliphatic heterocycles. The van der Waals surface area contributed by atoms with Crippen molar-refractivity contribution in [3.8, 4) is 0 Å². The number of carbonyl (C=O) groups is 2. The Morgan fingerprint density at radius 1 is 1.33 bits per heavy atom. The van der Waals surface area contributed by atoms with E-state index in [1.54, 1.807) is 23.1 Å². The number of carbonyl (C=O) groups excluding carboxylic acids is 2. The molecule has 1 N–H and O–H groups in total. The van der Waals surface area contributed by atoms with Crippen LogP contribution in [0.25, 0.3) is 0 Å². The van der Waals surface area contributed by atoms with Gasteiger partial charge in [0.15, 0.2) is 0 Å². The second kappa shape index (κ2) is 5.97. The third-order valence-electron chi connectivity index (χ3n) is 3.45. The number of hydrogen-bond acceptors (Lipinski definition) is 2. The molecule has 1 fully saturated rings. The van der Waals surface area contributed by atoms with Crippen molar-refractivity contribution in [1.29, 1.82) is 0 Å². The van der Waals surface area contributed by atoms with Crippen LogP contribution in [0.4, 0.5) is 5.69 Å². The Labute approximate surface area is 138 Å². The molecule has 114 valence electrons. The summed E-state index contributed by atoms with van der Waals surface area (Å²) in [6.07, 6.45) is 0.285. The van der Waals surface area contributed by atoms with Gasteiger partial charge >= 0.3 is 0 Å². The molecule has 1 aromatic rings. The topological polar surface area (TPSA) is 49.4 Å². The molecule has 0 spiro atoms. The van der Waals surface area contributed by atoms with Gasteiger partial charge in [-0.2, -0.15) is 0 Å². The predicted molar refractivity (Wildman–Crippen MR) is 87.5 cm³/mol. The Morgan fingerprint density at radius 3 is 2.57 bits per heavy atom. The average molecular weight is 374 g/mol. The van der Waals surface area contributed by atoms with E-state index >= 15 is 0 Å². The lowest BCUT2D eigenvalue weighted by Crippen LogP contribution is -2.52. The van der Waals surface area contributed by atoms with E-state index < -0.39 is 6.04 Å². The molecule has 1 heterocycles. The van der Waals surface area contributed by atoms with Crippen LogP contribution in [0, 0.1) is 5.41 Å². The molecule has 0 radical (unpaired) electrons. The molecular weight excluding hydrogens is 356 g/mol. The molecule has 2 rings (SSSR count). The SMILES string of the molecule is CC(C)(C)C1NC(=O)CCN(c2ccc(Cl)cc2Br)C1=O. The van der Waals surface area contributed by atoms with Crippen molar-refractivity contribution >= 4 is 45.0 Å². The van der Waals surface area contributed by atoms with Crippen molar-refractivity contribution in [3.05, 3.63) is 27.7 Å². The van der Waals surface area contributed by atoms with Crippen molar-refractivity contribution < 1.29 is 9.59 Å². The van der Waals surface area contributed by atoms with Crippen LogP contribution in [0.15, 0.2) is 22.7 Å². The smallest absolute Gasteiger partial charge is 0.250 e. The van der Waals surface area contributed by atoms with Crippen LogP contribution < -0.4 is 10.2 Å². The van der Waals surface area contributed by atoms with Gasteiger partial charge in [0.05, 0.1) is 5.69 Å². The summed E-state index contributed by atoms with van der Waals surface area (Å²) < 4.78 is 0.741. The van der Waals surface area contributed by atoms with Gasteiger partial charge in [-0.05, 0) is 39.5 Å². The summed E-state index contributed by atoms with van der Waals surface area (Å²) in [5, 5.41) is 3.42. The molecule has 6 heteroatoms. The standard InChI is InChI=1S/C15H18BrClN2O2/c1-15(2,3)13-14(21)19(7-6-12(20)18-13)11-5-4-9(17)8-10(11)16/h4-5,8,13H,6-7H2,1-3H3,(H,18,20). The molecule has 1 aliphatic rings. The minimum Gasteiger partial charge on any atom is -0.344 e. The zero-order valence-corrected chi connectivity index (χ0v) is 14.6. The normalized spacial score (nSPS) is 20.2. The fourth-order valence-electron chi connectivity index (χ4n) is 2.30. The minimum absolute atomic E-state index is 0.101. The van der Waals surface area contributed by atoms with Gasteiger partial charge in [0.2, 0.25) is 11.8 Å². The monoisotopic (exact) mass is 372 g/mol. The van der Waals surface area contributed by atoms with Gasteiger partial charge in [-0.3, -0.25) is 9.59 Å². The molecule has 1 unspecified atom stereocenters. The maximum Gasteiger partial charge on any atom is 0.250 e. The van der Waals surface area contributed by atoms with Crippen LogP contribution in [0.3, 0.4) is 0 Å². The quantitative estimate of drug-likeness (QED) is 0.820. The highest BCUT2D eigenvalue weighted by Crippen LogP contribution is 2.32. The minimum atomic E-state index is -0.546. The lowest BCUT2D eigenvalue weighted by Gasteiger charge is -2.32. The number of rotatable bonds is 1. The molecular formula is C15H18BrClN2O2. The summed E-state index contributed by atoms with van der Waals surface area (Å²) in [5.41, 5.74) is 0.379. The van der Waals surface area contributed by atoms with Crippen molar-refractivity contribution in [2.45, 2.75) is 33.2 Å². The van der Waals surface area contributed by atoms with E-state index in [2.05, 4.69) is 21.2 Å². The Balaban J connectivity index is 2.42. The van der Waals surface area contributed by atoms with E-state index in [4.69, 9.17) is 11.6 Å². The first-order valence-electron chi connectivity index (χ1n) is 6.76. The van der Waals surface area contributed by atoms with Crippen LogP contribution in [-0.2, 0) is 9.59 Å². The van der Waals surface area contributed by atoms with Gasteiger partial charge in [-0.25, -0.2) is 0 Å². The molecule has 0 saturated carbocycles. The molecule has 4 nitrogen and oxygen atoms in total. The van der Waals surface area contributed by atoms with Gasteiger partial charge < -0.3 is 10.2 Å². The number of anilines is 1. The largest absolute Gasteiger partial charge is 0.344 e. The van der Waals surface area contributed by atoms with Gasteiger partial charge in [0.1, 0.15) is 6.04 Å². The predicted octanol–water partition coefficient (Wildman–Crippen LogP) is 3.37. The Bertz CT molecular complexity index is 584. The molecule has 0 aliphatic carbocycles. The van der Waals surface area contributed by atoms with Gasteiger partial charge in [-0.1, -0.05) is 32.4 Å². The molecule has 0 aromatic heterocycles. The van der Waals surface area contributed by atoms with Gasteiger partial charge in [-0.15, -0.1) is 0 Å². The van der Waals surface area contributed by atoms with Crippen LogP contribution in [-0.4, -0.2) is 24.4 Å². The highest BCUT2D eigenvalue weighted by molar-refractivity contribution is 9.10. The molecule has 2 amide bonds. The van der Waals surface area contributed by atoms with Crippen molar-refractivity contribution in [2.75, 3.05) is 11.4 Å². The highest BCUT2D eigenvalue weighted by Gasteiger charge is 2.38. The number of amides is 2. The molecule has 1 aromatic carbocycles. The van der Waals surface area contributed by atoms with Crippen molar-refractivity contribution in [2.24, 2.45) is 5.41 Å². The number of hydrogen-bond donors (Lipinski definition) is 1. The van der Waals surface area contributed by atoms with E-state index in [-0.39, 0.29) is 23.7 Å². The summed E-state index contributed by atoms with van der Waals surface area (Å²) in [6.45, 7) is 6.18. The van der Waals surface area contributed by atoms with E-state index in [0.29, 0.717) is 11.6 Å². The summed E-state index contributed by atoms with van der Waals surface area (Å²) in [6, 6.07) is 4.73. The third-order valence-corrected chi connectivity index (χ3v) is 4.32. The zero-order valence-electron chi connectivity index (χ0n) is 12.2. The van der Waals surface area contributed by atoms with E-state index in [1.807, 2.05) is 20.8 Å². The van der Waals surface area contributed by atoms with Crippen molar-refractivity contribution in [1.82, 2.24) is 5.32 Å². The van der Waals surface area contributed by atoms with Crippen LogP contribution in [0.2, 0.25) is 5.02 Å². The van der Waals surface area contributed by atoms with Crippen molar-refractivity contribution in [3.63, 3.8) is 0 Å². The Kier molecular flexibility index (Phi) is 4.63. The number of nitrogens with one attached hydrogen (secondary N) is 1. The van der Waals surface area contributed by atoms with Crippen LogP contribution >= 0.6 is 27.5 Å². The summed E-state index contributed by atoms with van der Waals surface area (Å²) in [5.74, 6) is -0.202. The first-order valence-corrected chi connectivity index (χ1v) is 7.93. The first kappa shape index (κ1) is 16.3. The second-order valence-corrected chi connectivity index (χ2v) is 7.49. The summed E-state index contributed by atoms with van der Waals surface area (Å²) >= 11 is 9.39. The number of halogens is 2. The molecule has 1 atom stereocenters. The fourth-order valence-corrected chi connectivity index (χ4v) is 3.20. The maximum atomic E-state index is 12.8. The zero-order chi connectivity index (χ0) is 15.8. The molecule has 1 saturated heterocycles. The van der Waals surface area contributed by atoms with E-state index in [0.717, 1.165) is 10.2 Å². The lowest BCUT2D eigenvalue weighted by atomic mass is 9.86. The lowest BCUT2D eigenvalue weighted by molar-refractivity contribution is -0.127. The highest BCUT2D eigenvalue weighted by atomic mass is 79.9. The average Bonchev–Trinajstić information content (AvgIpc) is 2.50. The van der Waals surface area contributed by atoms with Crippen LogP contribution in [0.1, 0.15) is 27.2 Å². The third kappa shape index (κ3) is 3.58. The van der Waals surface area contributed by atoms with Gasteiger partial charge in [0.25, 0.3) is 0 Å². The van der Waals surface area contributed by atoms with Gasteiger partial charge in [0, 0.05) is 22.5 Å². The maximum absolute atomic E-state index is 12.8. The number of benzene rings is 1. The molecule has 0 bridgehead atoms. The van der Waals surface area contributed by atoms with Crippen LogP contribution in [0.5, 0.6) is 0 Å². The fraction of sp³-hybridized carbons (Fsp3) is 0.467. The Morgan fingerprint density at radius 2 is 2.00 bits per heavy atom. The molecule has 21 heavy (non-hydrogen) atoms. The summed E-state index contributed by atoms with van der Waals surface area (Å²) in [4.78, 5) is 26.4. The second-order valence-electron chi connectivity index (χ2n) is 6.20. The first-order chi connectivity index (χ1) is 9.70. The van der Waals surface area contributed by atoms with E-state index in [1.165, 1.54) is 0 Å². The summed E-state index contributed by atoms with van der Waals surface area (Å²) in [7, 11) is 0. The van der Waals surface area contributed by atoms with E-state index in [9.17, 15) is 9.59 Å². The Hall–Kier alpha value is -1.07.